The van der Waals surface area contributed by atoms with Gasteiger partial charge in [0.25, 0.3) is 0 Å². The van der Waals surface area contributed by atoms with E-state index in [0.29, 0.717) is 15.7 Å². The maximum absolute atomic E-state index is 13.2. The number of pyridine rings is 1. The van der Waals surface area contributed by atoms with Gasteiger partial charge in [0.05, 0.1) is 5.52 Å². The number of Topliss-reactive ketones (excluding diaryl/α,β-unsaturated/α-hetero) is 1. The SMILES string of the molecule is O=C(Cc1cccc(F)c1)c1nc2ccccc2cc1Br. The van der Waals surface area contributed by atoms with Gasteiger partial charge >= 0.3 is 0 Å². The summed E-state index contributed by atoms with van der Waals surface area (Å²) in [7, 11) is 0. The largest absolute Gasteiger partial charge is 0.292 e. The monoisotopic (exact) mass is 343 g/mol. The van der Waals surface area contributed by atoms with Gasteiger partial charge in [-0.15, -0.1) is 0 Å². The highest BCUT2D eigenvalue weighted by molar-refractivity contribution is 9.10. The Morgan fingerprint density at radius 3 is 2.71 bits per heavy atom. The third-order valence-electron chi connectivity index (χ3n) is 3.20. The summed E-state index contributed by atoms with van der Waals surface area (Å²) in [4.78, 5) is 16.8. The second-order valence-corrected chi connectivity index (χ2v) is 5.60. The number of rotatable bonds is 3. The van der Waals surface area contributed by atoms with E-state index in [9.17, 15) is 9.18 Å². The first kappa shape index (κ1) is 13.9. The Bertz CT molecular complexity index is 832. The molecule has 0 saturated carbocycles. The van der Waals surface area contributed by atoms with Crippen LogP contribution in [0.1, 0.15) is 16.1 Å². The van der Waals surface area contributed by atoms with Crippen molar-refractivity contribution < 1.29 is 9.18 Å². The number of aromatic nitrogens is 1. The molecule has 0 radical (unpaired) electrons. The maximum Gasteiger partial charge on any atom is 0.186 e. The van der Waals surface area contributed by atoms with Gasteiger partial charge < -0.3 is 0 Å². The Hall–Kier alpha value is -2.07. The second kappa shape index (κ2) is 5.74. The minimum atomic E-state index is -0.342. The van der Waals surface area contributed by atoms with Crippen molar-refractivity contribution in [3.05, 3.63) is 76.1 Å². The van der Waals surface area contributed by atoms with Crippen LogP contribution in [0.5, 0.6) is 0 Å². The number of para-hydroxylation sites is 1. The van der Waals surface area contributed by atoms with Crippen LogP contribution < -0.4 is 0 Å². The quantitative estimate of drug-likeness (QED) is 0.652. The number of hydrogen-bond acceptors (Lipinski definition) is 2. The highest BCUT2D eigenvalue weighted by Crippen LogP contribution is 2.22. The lowest BCUT2D eigenvalue weighted by Crippen LogP contribution is -2.07. The fourth-order valence-electron chi connectivity index (χ4n) is 2.20. The molecule has 104 valence electrons. The molecule has 0 aliphatic heterocycles. The van der Waals surface area contributed by atoms with E-state index >= 15 is 0 Å². The molecule has 2 nitrogen and oxygen atoms in total. The van der Waals surface area contributed by atoms with E-state index in [1.807, 2.05) is 30.3 Å². The zero-order chi connectivity index (χ0) is 14.8. The van der Waals surface area contributed by atoms with Crippen molar-refractivity contribution in [1.29, 1.82) is 0 Å². The molecular weight excluding hydrogens is 333 g/mol. The van der Waals surface area contributed by atoms with Crippen molar-refractivity contribution in [3.63, 3.8) is 0 Å². The summed E-state index contributed by atoms with van der Waals surface area (Å²) in [5.41, 5.74) is 1.78. The lowest BCUT2D eigenvalue weighted by molar-refractivity contribution is 0.0988. The lowest BCUT2D eigenvalue weighted by Gasteiger charge is -2.06. The number of ketones is 1. The lowest BCUT2D eigenvalue weighted by atomic mass is 10.1. The van der Waals surface area contributed by atoms with Gasteiger partial charge in [0.15, 0.2) is 5.78 Å². The van der Waals surface area contributed by atoms with Gasteiger partial charge in [-0.25, -0.2) is 9.37 Å². The maximum atomic E-state index is 13.2. The molecule has 1 aromatic heterocycles. The molecule has 0 aliphatic rings. The van der Waals surface area contributed by atoms with Crippen LogP contribution in [-0.2, 0) is 6.42 Å². The molecule has 0 aliphatic carbocycles. The van der Waals surface area contributed by atoms with E-state index < -0.39 is 0 Å². The van der Waals surface area contributed by atoms with Crippen LogP contribution in [0.25, 0.3) is 10.9 Å². The Morgan fingerprint density at radius 2 is 1.90 bits per heavy atom. The molecule has 2 aromatic carbocycles. The third kappa shape index (κ3) is 3.00. The molecule has 0 fully saturated rings. The summed E-state index contributed by atoms with van der Waals surface area (Å²) in [6.07, 6.45) is 0.127. The number of nitrogens with zero attached hydrogens (tertiary/aromatic N) is 1. The number of benzene rings is 2. The minimum Gasteiger partial charge on any atom is -0.292 e. The molecule has 3 rings (SSSR count). The van der Waals surface area contributed by atoms with E-state index in [2.05, 4.69) is 20.9 Å². The van der Waals surface area contributed by atoms with Gasteiger partial charge in [-0.3, -0.25) is 4.79 Å². The van der Waals surface area contributed by atoms with Crippen LogP contribution in [0.15, 0.2) is 59.1 Å². The molecule has 0 bridgehead atoms. The predicted molar refractivity (Wildman–Crippen MR) is 83.9 cm³/mol. The number of carbonyl (C=O) groups is 1. The molecule has 0 spiro atoms. The highest BCUT2D eigenvalue weighted by atomic mass is 79.9. The number of carbonyl (C=O) groups excluding carboxylic acids is 1. The van der Waals surface area contributed by atoms with E-state index in [-0.39, 0.29) is 18.0 Å². The topological polar surface area (TPSA) is 30.0 Å². The zero-order valence-electron chi connectivity index (χ0n) is 11.0. The fourth-order valence-corrected chi connectivity index (χ4v) is 2.76. The van der Waals surface area contributed by atoms with Gasteiger partial charge in [-0.2, -0.15) is 0 Å². The van der Waals surface area contributed by atoms with Crippen LogP contribution >= 0.6 is 15.9 Å². The third-order valence-corrected chi connectivity index (χ3v) is 3.80. The molecule has 0 atom stereocenters. The molecule has 0 amide bonds. The summed E-state index contributed by atoms with van der Waals surface area (Å²) in [6, 6.07) is 15.5. The van der Waals surface area contributed by atoms with Crippen LogP contribution in [0, 0.1) is 5.82 Å². The van der Waals surface area contributed by atoms with E-state index in [1.54, 1.807) is 12.1 Å². The Balaban J connectivity index is 1.96. The predicted octanol–water partition coefficient (Wildman–Crippen LogP) is 4.56. The first-order valence-electron chi connectivity index (χ1n) is 6.46. The summed E-state index contributed by atoms with van der Waals surface area (Å²) in [5.74, 6) is -0.482. The zero-order valence-corrected chi connectivity index (χ0v) is 12.6. The first-order valence-corrected chi connectivity index (χ1v) is 7.26. The standard InChI is InChI=1S/C17H11BrFNO/c18-14-10-12-5-1-2-7-15(12)20-17(14)16(21)9-11-4-3-6-13(19)8-11/h1-8,10H,9H2. The molecule has 1 heterocycles. The number of hydrogen-bond donors (Lipinski definition) is 0. The molecule has 0 saturated heterocycles. The van der Waals surface area contributed by atoms with Crippen molar-refractivity contribution in [1.82, 2.24) is 4.98 Å². The average molecular weight is 344 g/mol. The van der Waals surface area contributed by atoms with Crippen LogP contribution in [0.4, 0.5) is 4.39 Å². The number of fused-ring (bicyclic) bond motifs is 1. The molecule has 0 unspecified atom stereocenters. The molecule has 4 heteroatoms. The summed E-state index contributed by atoms with van der Waals surface area (Å²) in [5, 5.41) is 0.965. The summed E-state index contributed by atoms with van der Waals surface area (Å²) < 4.78 is 13.8. The average Bonchev–Trinajstić information content (AvgIpc) is 2.46. The first-order chi connectivity index (χ1) is 10.1. The van der Waals surface area contributed by atoms with Gasteiger partial charge in [-0.05, 0) is 45.8 Å². The molecular formula is C17H11BrFNO. The highest BCUT2D eigenvalue weighted by Gasteiger charge is 2.14. The van der Waals surface area contributed by atoms with E-state index in [1.165, 1.54) is 12.1 Å². The number of halogens is 2. The van der Waals surface area contributed by atoms with Crippen molar-refractivity contribution in [2.24, 2.45) is 0 Å². The van der Waals surface area contributed by atoms with Crippen LogP contribution in [0.3, 0.4) is 0 Å². The van der Waals surface area contributed by atoms with Crippen molar-refractivity contribution in [2.45, 2.75) is 6.42 Å². The van der Waals surface area contributed by atoms with Crippen molar-refractivity contribution in [2.75, 3.05) is 0 Å². The molecule has 3 aromatic rings. The Labute approximate surface area is 129 Å². The fraction of sp³-hybridized carbons (Fsp3) is 0.0588. The van der Waals surface area contributed by atoms with Gasteiger partial charge in [0.2, 0.25) is 0 Å². The minimum absolute atomic E-state index is 0.127. The Kier molecular flexibility index (Phi) is 3.80. The van der Waals surface area contributed by atoms with Gasteiger partial charge in [0, 0.05) is 16.3 Å². The van der Waals surface area contributed by atoms with Gasteiger partial charge in [-0.1, -0.05) is 30.3 Å². The molecule has 21 heavy (non-hydrogen) atoms. The van der Waals surface area contributed by atoms with Crippen molar-refractivity contribution in [3.8, 4) is 0 Å². The smallest absolute Gasteiger partial charge is 0.186 e. The summed E-state index contributed by atoms with van der Waals surface area (Å²) >= 11 is 3.39. The van der Waals surface area contributed by atoms with Crippen molar-refractivity contribution >= 4 is 32.6 Å². The van der Waals surface area contributed by atoms with Crippen LogP contribution in [0.2, 0.25) is 0 Å². The van der Waals surface area contributed by atoms with Crippen LogP contribution in [-0.4, -0.2) is 10.8 Å². The second-order valence-electron chi connectivity index (χ2n) is 4.74. The van der Waals surface area contributed by atoms with E-state index in [0.717, 1.165) is 10.9 Å². The van der Waals surface area contributed by atoms with Gasteiger partial charge in [0.1, 0.15) is 11.5 Å². The summed E-state index contributed by atoms with van der Waals surface area (Å²) in [6.45, 7) is 0. The Morgan fingerprint density at radius 1 is 1.10 bits per heavy atom. The normalized spacial score (nSPS) is 10.8. The molecule has 0 N–H and O–H groups in total. The van der Waals surface area contributed by atoms with E-state index in [4.69, 9.17) is 0 Å².